The molecular weight excluding hydrogens is 178 g/mol. The van der Waals surface area contributed by atoms with Crippen molar-refractivity contribution in [3.63, 3.8) is 0 Å². The van der Waals surface area contributed by atoms with Crippen LogP contribution in [0.15, 0.2) is 12.1 Å². The van der Waals surface area contributed by atoms with E-state index >= 15 is 0 Å². The zero-order valence-electron chi connectivity index (χ0n) is 8.16. The molecule has 1 aromatic rings. The Bertz CT molecular complexity index is 416. The van der Waals surface area contributed by atoms with Crippen LogP contribution in [0.3, 0.4) is 0 Å². The molecular formula is C11H11NO2. The summed E-state index contributed by atoms with van der Waals surface area (Å²) in [4.78, 5) is 10.8. The van der Waals surface area contributed by atoms with Gasteiger partial charge in [0.05, 0.1) is 11.1 Å². The van der Waals surface area contributed by atoms with Gasteiger partial charge in [0.1, 0.15) is 6.07 Å². The van der Waals surface area contributed by atoms with E-state index in [0.717, 1.165) is 17.5 Å². The van der Waals surface area contributed by atoms with Crippen LogP contribution in [0.1, 0.15) is 34.0 Å². The van der Waals surface area contributed by atoms with Gasteiger partial charge in [-0.25, -0.2) is 4.79 Å². The molecule has 0 aliphatic carbocycles. The fourth-order valence-corrected chi connectivity index (χ4v) is 1.46. The number of carboxylic acids is 1. The van der Waals surface area contributed by atoms with Gasteiger partial charge in [0.2, 0.25) is 0 Å². The summed E-state index contributed by atoms with van der Waals surface area (Å²) in [6.07, 6.45) is 0.806. The predicted molar refractivity (Wildman–Crippen MR) is 52.2 cm³/mol. The second-order valence-electron chi connectivity index (χ2n) is 3.04. The fourth-order valence-electron chi connectivity index (χ4n) is 1.46. The first kappa shape index (κ1) is 10.3. The van der Waals surface area contributed by atoms with Gasteiger partial charge in [-0.3, -0.25) is 0 Å². The molecule has 0 aliphatic rings. The van der Waals surface area contributed by atoms with Crippen molar-refractivity contribution in [3.8, 4) is 6.07 Å². The molecule has 1 aromatic carbocycles. The summed E-state index contributed by atoms with van der Waals surface area (Å²) >= 11 is 0. The van der Waals surface area contributed by atoms with Crippen LogP contribution in [0.5, 0.6) is 0 Å². The van der Waals surface area contributed by atoms with E-state index in [9.17, 15) is 4.79 Å². The number of carboxylic acid groups (broad SMARTS) is 1. The van der Waals surface area contributed by atoms with Gasteiger partial charge in [-0.2, -0.15) is 5.26 Å². The highest BCUT2D eigenvalue weighted by Crippen LogP contribution is 2.18. The maximum Gasteiger partial charge on any atom is 0.337 e. The molecule has 1 rings (SSSR count). The van der Waals surface area contributed by atoms with E-state index in [-0.39, 0.29) is 11.1 Å². The Morgan fingerprint density at radius 3 is 2.64 bits per heavy atom. The standard InChI is InChI=1S/C11H11NO2/c1-3-8-4-5-9(11(13)14)10(6-12)7(8)2/h4-5H,3H2,1-2H3,(H,13,14). The zero-order valence-corrected chi connectivity index (χ0v) is 8.16. The minimum Gasteiger partial charge on any atom is -0.478 e. The Hall–Kier alpha value is -1.82. The molecule has 0 heterocycles. The Kier molecular flexibility index (Phi) is 2.88. The summed E-state index contributed by atoms with van der Waals surface area (Å²) in [5, 5.41) is 17.7. The molecule has 0 atom stereocenters. The maximum absolute atomic E-state index is 10.8. The van der Waals surface area contributed by atoms with E-state index in [2.05, 4.69) is 0 Å². The van der Waals surface area contributed by atoms with Gasteiger partial charge in [0.15, 0.2) is 0 Å². The summed E-state index contributed by atoms with van der Waals surface area (Å²) in [5.41, 5.74) is 2.15. The highest BCUT2D eigenvalue weighted by atomic mass is 16.4. The van der Waals surface area contributed by atoms with Crippen molar-refractivity contribution in [1.82, 2.24) is 0 Å². The summed E-state index contributed by atoms with van der Waals surface area (Å²) < 4.78 is 0. The summed E-state index contributed by atoms with van der Waals surface area (Å²) in [6.45, 7) is 3.76. The molecule has 1 N–H and O–H groups in total. The lowest BCUT2D eigenvalue weighted by atomic mass is 9.96. The van der Waals surface area contributed by atoms with Gasteiger partial charge in [-0.1, -0.05) is 13.0 Å². The molecule has 0 saturated carbocycles. The lowest BCUT2D eigenvalue weighted by Crippen LogP contribution is -2.03. The highest BCUT2D eigenvalue weighted by molar-refractivity contribution is 5.91. The molecule has 0 spiro atoms. The van der Waals surface area contributed by atoms with Crippen molar-refractivity contribution in [3.05, 3.63) is 34.4 Å². The topological polar surface area (TPSA) is 61.1 Å². The van der Waals surface area contributed by atoms with Crippen LogP contribution in [-0.4, -0.2) is 11.1 Å². The lowest BCUT2D eigenvalue weighted by molar-refractivity contribution is 0.0696. The Labute approximate surface area is 82.6 Å². The monoisotopic (exact) mass is 189 g/mol. The number of nitriles is 1. The zero-order chi connectivity index (χ0) is 10.7. The molecule has 0 radical (unpaired) electrons. The van der Waals surface area contributed by atoms with Gasteiger partial charge in [0, 0.05) is 0 Å². The van der Waals surface area contributed by atoms with Gasteiger partial charge in [-0.05, 0) is 30.5 Å². The molecule has 0 amide bonds. The van der Waals surface area contributed by atoms with Crippen molar-refractivity contribution in [1.29, 1.82) is 5.26 Å². The number of benzene rings is 1. The first-order valence-electron chi connectivity index (χ1n) is 4.37. The molecule has 0 saturated heterocycles. The van der Waals surface area contributed by atoms with Crippen molar-refractivity contribution in [2.75, 3.05) is 0 Å². The van der Waals surface area contributed by atoms with Gasteiger partial charge < -0.3 is 5.11 Å². The minimum atomic E-state index is -1.05. The van der Waals surface area contributed by atoms with Crippen molar-refractivity contribution >= 4 is 5.97 Å². The molecule has 0 aromatic heterocycles. The lowest BCUT2D eigenvalue weighted by Gasteiger charge is -2.07. The van der Waals surface area contributed by atoms with Gasteiger partial charge in [-0.15, -0.1) is 0 Å². The van der Waals surface area contributed by atoms with E-state index in [0.29, 0.717) is 0 Å². The van der Waals surface area contributed by atoms with Crippen LogP contribution < -0.4 is 0 Å². The summed E-state index contributed by atoms with van der Waals surface area (Å²) in [6, 6.07) is 5.20. The molecule has 3 heteroatoms. The SMILES string of the molecule is CCc1ccc(C(=O)O)c(C#N)c1C. The molecule has 3 nitrogen and oxygen atoms in total. The van der Waals surface area contributed by atoms with Gasteiger partial charge in [0.25, 0.3) is 0 Å². The normalized spacial score (nSPS) is 9.50. The smallest absolute Gasteiger partial charge is 0.337 e. The summed E-state index contributed by atoms with van der Waals surface area (Å²) in [5.74, 6) is -1.05. The van der Waals surface area contributed by atoms with Crippen molar-refractivity contribution < 1.29 is 9.90 Å². The van der Waals surface area contributed by atoms with Crippen LogP contribution >= 0.6 is 0 Å². The van der Waals surface area contributed by atoms with E-state index in [1.807, 2.05) is 13.0 Å². The number of hydrogen-bond acceptors (Lipinski definition) is 2. The van der Waals surface area contributed by atoms with Crippen LogP contribution in [0.25, 0.3) is 0 Å². The van der Waals surface area contributed by atoms with Crippen LogP contribution in [0, 0.1) is 18.3 Å². The fraction of sp³-hybridized carbons (Fsp3) is 0.273. The maximum atomic E-state index is 10.8. The molecule has 0 bridgehead atoms. The van der Waals surface area contributed by atoms with Crippen LogP contribution in [-0.2, 0) is 6.42 Å². The minimum absolute atomic E-state index is 0.0854. The molecule has 72 valence electrons. The van der Waals surface area contributed by atoms with E-state index < -0.39 is 5.97 Å². The van der Waals surface area contributed by atoms with Crippen LogP contribution in [0.4, 0.5) is 0 Å². The first-order valence-corrected chi connectivity index (χ1v) is 4.37. The first-order chi connectivity index (χ1) is 6.61. The molecule has 0 aliphatic heterocycles. The Morgan fingerprint density at radius 2 is 2.21 bits per heavy atom. The number of nitrogens with zero attached hydrogens (tertiary/aromatic N) is 1. The second kappa shape index (κ2) is 3.93. The predicted octanol–water partition coefficient (Wildman–Crippen LogP) is 2.13. The third-order valence-corrected chi connectivity index (χ3v) is 2.30. The number of aromatic carboxylic acids is 1. The van der Waals surface area contributed by atoms with E-state index in [1.54, 1.807) is 13.0 Å². The largest absolute Gasteiger partial charge is 0.478 e. The van der Waals surface area contributed by atoms with E-state index in [1.165, 1.54) is 6.07 Å². The highest BCUT2D eigenvalue weighted by Gasteiger charge is 2.13. The van der Waals surface area contributed by atoms with Crippen molar-refractivity contribution in [2.24, 2.45) is 0 Å². The molecule has 14 heavy (non-hydrogen) atoms. The number of rotatable bonds is 2. The number of hydrogen-bond donors (Lipinski definition) is 1. The Morgan fingerprint density at radius 1 is 1.57 bits per heavy atom. The summed E-state index contributed by atoms with van der Waals surface area (Å²) in [7, 11) is 0. The quantitative estimate of drug-likeness (QED) is 0.775. The Balaban J connectivity index is 3.45. The third kappa shape index (κ3) is 1.60. The van der Waals surface area contributed by atoms with Crippen molar-refractivity contribution in [2.45, 2.75) is 20.3 Å². The average molecular weight is 189 g/mol. The van der Waals surface area contributed by atoms with E-state index in [4.69, 9.17) is 10.4 Å². The number of carbonyl (C=O) groups is 1. The molecule has 0 fully saturated rings. The number of aryl methyl sites for hydroxylation is 1. The van der Waals surface area contributed by atoms with Crippen LogP contribution in [0.2, 0.25) is 0 Å². The second-order valence-corrected chi connectivity index (χ2v) is 3.04. The third-order valence-electron chi connectivity index (χ3n) is 2.30. The molecule has 0 unspecified atom stereocenters. The van der Waals surface area contributed by atoms with Gasteiger partial charge >= 0.3 is 5.97 Å². The average Bonchev–Trinajstić information content (AvgIpc) is 2.17.